The van der Waals surface area contributed by atoms with E-state index in [0.29, 0.717) is 13.0 Å². The minimum atomic E-state index is -3.58. The van der Waals surface area contributed by atoms with Gasteiger partial charge >= 0.3 is 0 Å². The fourth-order valence-corrected chi connectivity index (χ4v) is 3.30. The number of rotatable bonds is 7. The molecule has 0 fully saturated rings. The fourth-order valence-electron chi connectivity index (χ4n) is 1.56. The maximum absolute atomic E-state index is 12.1. The summed E-state index contributed by atoms with van der Waals surface area (Å²) in [6, 6.07) is 0. The van der Waals surface area contributed by atoms with Crippen molar-refractivity contribution >= 4 is 21.4 Å². The average Bonchev–Trinajstić information content (AvgIpc) is 3.03. The molecule has 0 bridgehead atoms. The molecular weight excluding hydrogens is 300 g/mol. The van der Waals surface area contributed by atoms with Crippen LogP contribution in [0.5, 0.6) is 0 Å². The first kappa shape index (κ1) is 15.1. The summed E-state index contributed by atoms with van der Waals surface area (Å²) in [6.07, 6.45) is 3.28. The number of aliphatic hydroxyl groups excluding tert-OH is 1. The van der Waals surface area contributed by atoms with E-state index in [-0.39, 0.29) is 18.0 Å². The predicted molar refractivity (Wildman–Crippen MR) is 74.8 cm³/mol. The highest BCUT2D eigenvalue weighted by Crippen LogP contribution is 2.11. The van der Waals surface area contributed by atoms with Gasteiger partial charge in [0.1, 0.15) is 9.90 Å². The Balaban J connectivity index is 2.00. The predicted octanol–water partition coefficient (Wildman–Crippen LogP) is 0.509. The van der Waals surface area contributed by atoms with E-state index in [9.17, 15) is 8.42 Å². The van der Waals surface area contributed by atoms with E-state index in [2.05, 4.69) is 14.8 Å². The zero-order valence-electron chi connectivity index (χ0n) is 11.0. The molecule has 0 aliphatic carbocycles. The van der Waals surface area contributed by atoms with Crippen molar-refractivity contribution in [3.8, 4) is 0 Å². The van der Waals surface area contributed by atoms with Crippen LogP contribution < -0.4 is 4.72 Å². The van der Waals surface area contributed by atoms with Gasteiger partial charge in [-0.25, -0.2) is 18.1 Å². The van der Waals surface area contributed by atoms with Crippen molar-refractivity contribution in [2.24, 2.45) is 0 Å². The number of hydrogen-bond acceptors (Lipinski definition) is 6. The van der Waals surface area contributed by atoms with E-state index < -0.39 is 10.0 Å². The Morgan fingerprint density at radius 3 is 2.95 bits per heavy atom. The Morgan fingerprint density at radius 1 is 1.50 bits per heavy atom. The third kappa shape index (κ3) is 3.85. The Hall–Kier alpha value is -1.29. The second kappa shape index (κ2) is 6.44. The molecule has 2 N–H and O–H groups in total. The molecule has 0 aromatic carbocycles. The summed E-state index contributed by atoms with van der Waals surface area (Å²) in [4.78, 5) is 4.31. The number of aromatic nitrogens is 3. The summed E-state index contributed by atoms with van der Waals surface area (Å²) in [7, 11) is -3.58. The molecule has 0 spiro atoms. The molecule has 7 nitrogen and oxygen atoms in total. The molecule has 0 aliphatic heterocycles. The summed E-state index contributed by atoms with van der Waals surface area (Å²) in [5.41, 5.74) is 0.876. The highest BCUT2D eigenvalue weighted by atomic mass is 32.2. The standard InChI is InChI=1S/C11H16N4O3S2/c1-9-8-19-11(14-9)6-13-20(17,18)10-5-12-15(7-10)3-2-4-16/h5,7-8,13,16H,2-4,6H2,1H3. The van der Waals surface area contributed by atoms with Gasteiger partial charge in [-0.15, -0.1) is 11.3 Å². The fraction of sp³-hybridized carbons (Fsp3) is 0.455. The van der Waals surface area contributed by atoms with Crippen LogP contribution in [0.3, 0.4) is 0 Å². The first-order valence-electron chi connectivity index (χ1n) is 6.05. The van der Waals surface area contributed by atoms with E-state index >= 15 is 0 Å². The van der Waals surface area contributed by atoms with Gasteiger partial charge in [-0.1, -0.05) is 0 Å². The molecule has 0 atom stereocenters. The second-order valence-corrected chi connectivity index (χ2v) is 6.93. The molecule has 2 rings (SSSR count). The molecule has 20 heavy (non-hydrogen) atoms. The van der Waals surface area contributed by atoms with Crippen LogP contribution in [-0.2, 0) is 23.1 Å². The Morgan fingerprint density at radius 2 is 2.30 bits per heavy atom. The zero-order chi connectivity index (χ0) is 14.6. The van der Waals surface area contributed by atoms with E-state index in [1.165, 1.54) is 28.4 Å². The number of nitrogens with one attached hydrogen (secondary N) is 1. The Kier molecular flexibility index (Phi) is 4.86. The van der Waals surface area contributed by atoms with Gasteiger partial charge in [0.05, 0.1) is 12.7 Å². The highest BCUT2D eigenvalue weighted by Gasteiger charge is 2.16. The van der Waals surface area contributed by atoms with Crippen LogP contribution in [0.2, 0.25) is 0 Å². The van der Waals surface area contributed by atoms with Crippen LogP contribution in [0.15, 0.2) is 22.7 Å². The third-order valence-electron chi connectivity index (χ3n) is 2.55. The number of aryl methyl sites for hydroxylation is 2. The maximum Gasteiger partial charge on any atom is 0.244 e. The van der Waals surface area contributed by atoms with Crippen LogP contribution in [0, 0.1) is 6.92 Å². The monoisotopic (exact) mass is 316 g/mol. The van der Waals surface area contributed by atoms with Crippen molar-refractivity contribution in [3.63, 3.8) is 0 Å². The lowest BCUT2D eigenvalue weighted by atomic mass is 10.5. The lowest BCUT2D eigenvalue weighted by Gasteiger charge is -2.02. The summed E-state index contributed by atoms with van der Waals surface area (Å²) >= 11 is 1.42. The summed E-state index contributed by atoms with van der Waals surface area (Å²) in [5.74, 6) is 0. The molecule has 0 saturated carbocycles. The van der Waals surface area contributed by atoms with Crippen LogP contribution in [0.1, 0.15) is 17.1 Å². The van der Waals surface area contributed by atoms with E-state index in [4.69, 9.17) is 5.11 Å². The summed E-state index contributed by atoms with van der Waals surface area (Å²) < 4.78 is 28.1. The van der Waals surface area contributed by atoms with Crippen molar-refractivity contribution in [3.05, 3.63) is 28.5 Å². The molecule has 0 saturated heterocycles. The van der Waals surface area contributed by atoms with Crippen LogP contribution >= 0.6 is 11.3 Å². The molecule has 2 heterocycles. The lowest BCUT2D eigenvalue weighted by molar-refractivity contribution is 0.277. The van der Waals surface area contributed by atoms with Crippen LogP contribution in [0.25, 0.3) is 0 Å². The quantitative estimate of drug-likeness (QED) is 0.775. The average molecular weight is 316 g/mol. The smallest absolute Gasteiger partial charge is 0.244 e. The minimum absolute atomic E-state index is 0.0452. The number of nitrogens with zero attached hydrogens (tertiary/aromatic N) is 3. The maximum atomic E-state index is 12.1. The van der Waals surface area contributed by atoms with Crippen LogP contribution in [-0.4, -0.2) is 34.9 Å². The SMILES string of the molecule is Cc1csc(CNS(=O)(=O)c2cnn(CCCO)c2)n1. The molecule has 0 unspecified atom stereocenters. The van der Waals surface area contributed by atoms with Gasteiger partial charge in [0.2, 0.25) is 10.0 Å². The van der Waals surface area contributed by atoms with E-state index in [1.807, 2.05) is 12.3 Å². The molecule has 9 heteroatoms. The van der Waals surface area contributed by atoms with Gasteiger partial charge in [-0.05, 0) is 13.3 Å². The normalized spacial score (nSPS) is 11.9. The van der Waals surface area contributed by atoms with E-state index in [0.717, 1.165) is 10.7 Å². The summed E-state index contributed by atoms with van der Waals surface area (Å²) in [6.45, 7) is 2.56. The van der Waals surface area contributed by atoms with Gasteiger partial charge in [-0.3, -0.25) is 4.68 Å². The van der Waals surface area contributed by atoms with Gasteiger partial charge < -0.3 is 5.11 Å². The van der Waals surface area contributed by atoms with Gasteiger partial charge in [0.25, 0.3) is 0 Å². The highest BCUT2D eigenvalue weighted by molar-refractivity contribution is 7.89. The topological polar surface area (TPSA) is 97.1 Å². The second-order valence-electron chi connectivity index (χ2n) is 4.22. The largest absolute Gasteiger partial charge is 0.396 e. The molecule has 0 radical (unpaired) electrons. The van der Waals surface area contributed by atoms with Crippen molar-refractivity contribution in [2.45, 2.75) is 31.3 Å². The number of aliphatic hydroxyl groups is 1. The third-order valence-corrected chi connectivity index (χ3v) is 4.87. The Bertz CT molecular complexity index is 663. The molecule has 110 valence electrons. The van der Waals surface area contributed by atoms with Gasteiger partial charge in [-0.2, -0.15) is 5.10 Å². The van der Waals surface area contributed by atoms with Crippen LogP contribution in [0.4, 0.5) is 0 Å². The first-order valence-corrected chi connectivity index (χ1v) is 8.41. The zero-order valence-corrected chi connectivity index (χ0v) is 12.6. The Labute approximate surface area is 121 Å². The lowest BCUT2D eigenvalue weighted by Crippen LogP contribution is -2.22. The number of sulfonamides is 1. The van der Waals surface area contributed by atoms with Gasteiger partial charge in [0.15, 0.2) is 0 Å². The van der Waals surface area contributed by atoms with Crippen molar-refractivity contribution in [1.82, 2.24) is 19.5 Å². The van der Waals surface area contributed by atoms with Crippen molar-refractivity contribution < 1.29 is 13.5 Å². The number of hydrogen-bond donors (Lipinski definition) is 2. The summed E-state index contributed by atoms with van der Waals surface area (Å²) in [5, 5.41) is 15.3. The first-order chi connectivity index (χ1) is 9.51. The molecule has 2 aromatic heterocycles. The van der Waals surface area contributed by atoms with Crippen molar-refractivity contribution in [1.29, 1.82) is 0 Å². The molecule has 2 aromatic rings. The molecule has 0 amide bonds. The minimum Gasteiger partial charge on any atom is -0.396 e. The molecular formula is C11H16N4O3S2. The molecule has 0 aliphatic rings. The van der Waals surface area contributed by atoms with Gasteiger partial charge in [0, 0.05) is 30.4 Å². The number of thiazole rings is 1. The van der Waals surface area contributed by atoms with E-state index in [1.54, 1.807) is 0 Å². The van der Waals surface area contributed by atoms with Crippen molar-refractivity contribution in [2.75, 3.05) is 6.61 Å².